The van der Waals surface area contributed by atoms with Gasteiger partial charge >= 0.3 is 0 Å². The Balaban J connectivity index is 0. The van der Waals surface area contributed by atoms with Crippen LogP contribution < -0.4 is 5.73 Å². The van der Waals surface area contributed by atoms with Crippen LogP contribution in [0.2, 0.25) is 0 Å². The van der Waals surface area contributed by atoms with Gasteiger partial charge in [-0.1, -0.05) is 103 Å². The van der Waals surface area contributed by atoms with E-state index in [4.69, 9.17) is 9.92 Å². The second kappa shape index (κ2) is 22.2. The monoisotopic (exact) mass is 400 g/mol. The van der Waals surface area contributed by atoms with Crippen LogP contribution in [0.1, 0.15) is 110 Å². The summed E-state index contributed by atoms with van der Waals surface area (Å²) < 4.78 is 27.5. The molecule has 4 nitrogen and oxygen atoms in total. The Hall–Kier alpha value is 0.870. The van der Waals surface area contributed by atoms with Gasteiger partial charge in [0.05, 0.1) is 12.4 Å². The second-order valence-corrected chi connectivity index (χ2v) is 8.94. The van der Waals surface area contributed by atoms with E-state index in [0.717, 1.165) is 12.8 Å². The van der Waals surface area contributed by atoms with Gasteiger partial charge in [-0.3, -0.25) is 4.18 Å². The molecule has 0 aliphatic rings. The summed E-state index contributed by atoms with van der Waals surface area (Å²) in [7, 11) is -3.38. The fourth-order valence-electron chi connectivity index (χ4n) is 3.04. The quantitative estimate of drug-likeness (QED) is 0.174. The fourth-order valence-corrected chi connectivity index (χ4v) is 3.82. The van der Waals surface area contributed by atoms with Gasteiger partial charge in [0.15, 0.2) is 0 Å². The molecular formula is C20H43NNaO3S. The second-order valence-electron chi connectivity index (χ2n) is 7.18. The third-order valence-electron chi connectivity index (χ3n) is 4.63. The third kappa shape index (κ3) is 22.9. The summed E-state index contributed by atoms with van der Waals surface area (Å²) in [5.74, 6) is -0.0775. The summed E-state index contributed by atoms with van der Waals surface area (Å²) in [6.07, 6.45) is 21.0. The van der Waals surface area contributed by atoms with Crippen molar-refractivity contribution in [2.24, 2.45) is 5.73 Å². The van der Waals surface area contributed by atoms with E-state index in [-0.39, 0.29) is 41.9 Å². The molecule has 0 fully saturated rings. The number of nitrogens with two attached hydrogens (primary N) is 1. The molecule has 0 amide bonds. The minimum atomic E-state index is -3.38. The number of rotatable bonds is 20. The van der Waals surface area contributed by atoms with Crippen LogP contribution in [0.15, 0.2) is 0 Å². The Labute approximate surface area is 185 Å². The van der Waals surface area contributed by atoms with Gasteiger partial charge in [0.2, 0.25) is 0 Å². The van der Waals surface area contributed by atoms with E-state index in [2.05, 4.69) is 6.92 Å². The van der Waals surface area contributed by atoms with Gasteiger partial charge in [0.1, 0.15) is 0 Å². The molecule has 6 heteroatoms. The smallest absolute Gasteiger partial charge is 0.268 e. The molecule has 0 aromatic heterocycles. The molecule has 2 N–H and O–H groups in total. The van der Waals surface area contributed by atoms with E-state index in [9.17, 15) is 8.42 Å². The van der Waals surface area contributed by atoms with Crippen molar-refractivity contribution in [1.29, 1.82) is 0 Å². The molecule has 0 atom stereocenters. The first-order valence-corrected chi connectivity index (χ1v) is 12.3. The average Bonchev–Trinajstić information content (AvgIpc) is 2.57. The van der Waals surface area contributed by atoms with Gasteiger partial charge in [-0.15, -0.1) is 0 Å². The third-order valence-corrected chi connectivity index (χ3v) is 5.89. The van der Waals surface area contributed by atoms with Gasteiger partial charge in [-0.25, -0.2) is 0 Å². The first-order chi connectivity index (χ1) is 12.1. The van der Waals surface area contributed by atoms with Crippen molar-refractivity contribution in [3.63, 3.8) is 0 Å². The van der Waals surface area contributed by atoms with Crippen LogP contribution >= 0.6 is 0 Å². The summed E-state index contributed by atoms with van der Waals surface area (Å²) in [5.41, 5.74) is 5.22. The van der Waals surface area contributed by atoms with E-state index in [1.165, 1.54) is 89.9 Å². The van der Waals surface area contributed by atoms with Crippen molar-refractivity contribution in [3.05, 3.63) is 0 Å². The van der Waals surface area contributed by atoms with Crippen molar-refractivity contribution in [1.82, 2.24) is 0 Å². The molecule has 0 aliphatic heterocycles. The standard InChI is InChI=1S/C20H43NO3S.Na/c1-2-3-4-5-6-7-8-9-10-11-12-13-14-15-16-17-19-24-25(22,23)20-18-21;/h2-21H2,1H3;. The van der Waals surface area contributed by atoms with Crippen LogP contribution in [0.5, 0.6) is 0 Å². The Morgan fingerprint density at radius 2 is 1.00 bits per heavy atom. The van der Waals surface area contributed by atoms with Gasteiger partial charge in [-0.05, 0) is 6.42 Å². The summed E-state index contributed by atoms with van der Waals surface area (Å²) in [4.78, 5) is 0. The van der Waals surface area contributed by atoms with E-state index >= 15 is 0 Å². The SMILES string of the molecule is CCCCCCCCCCCCCCCCCCOS(=O)(=O)CCN.[Na]. The molecule has 0 bridgehead atoms. The fraction of sp³-hybridized carbons (Fsp3) is 1.00. The molecule has 0 unspecified atom stereocenters. The predicted molar refractivity (Wildman–Crippen MR) is 114 cm³/mol. The van der Waals surface area contributed by atoms with E-state index in [1.807, 2.05) is 0 Å². The Morgan fingerprint density at radius 1 is 0.654 bits per heavy atom. The molecule has 0 aromatic carbocycles. The van der Waals surface area contributed by atoms with E-state index in [0.29, 0.717) is 6.61 Å². The molecule has 0 aromatic rings. The van der Waals surface area contributed by atoms with Crippen LogP contribution in [0.4, 0.5) is 0 Å². The Morgan fingerprint density at radius 3 is 1.35 bits per heavy atom. The summed E-state index contributed by atoms with van der Waals surface area (Å²) in [6.45, 7) is 2.70. The number of hydrogen-bond donors (Lipinski definition) is 1. The van der Waals surface area contributed by atoms with Crippen LogP contribution in [0.25, 0.3) is 0 Å². The largest absolute Gasteiger partial charge is 0.329 e. The van der Waals surface area contributed by atoms with Gasteiger partial charge in [-0.2, -0.15) is 8.42 Å². The molecule has 1 radical (unpaired) electrons. The zero-order chi connectivity index (χ0) is 18.6. The summed E-state index contributed by atoms with van der Waals surface area (Å²) in [5, 5.41) is 0. The van der Waals surface area contributed by atoms with Crippen molar-refractivity contribution in [2.75, 3.05) is 18.9 Å². The first-order valence-electron chi connectivity index (χ1n) is 10.7. The predicted octanol–water partition coefficient (Wildman–Crippen LogP) is 5.17. The topological polar surface area (TPSA) is 69.4 Å². The number of hydrogen-bond acceptors (Lipinski definition) is 4. The normalized spacial score (nSPS) is 11.5. The van der Waals surface area contributed by atoms with E-state index in [1.54, 1.807) is 0 Å². The van der Waals surface area contributed by atoms with Crippen molar-refractivity contribution in [2.45, 2.75) is 110 Å². The summed E-state index contributed by atoms with van der Waals surface area (Å²) in [6, 6.07) is 0. The Kier molecular flexibility index (Phi) is 24.8. The van der Waals surface area contributed by atoms with Gasteiger partial charge in [0.25, 0.3) is 10.1 Å². The van der Waals surface area contributed by atoms with Crippen molar-refractivity contribution in [3.8, 4) is 0 Å². The maximum absolute atomic E-state index is 11.3. The van der Waals surface area contributed by atoms with Crippen LogP contribution in [0.3, 0.4) is 0 Å². The zero-order valence-corrected chi connectivity index (χ0v) is 20.5. The molecule has 153 valence electrons. The molecule has 26 heavy (non-hydrogen) atoms. The molecule has 0 saturated heterocycles. The molecule has 0 spiro atoms. The maximum atomic E-state index is 11.3. The molecular weight excluding hydrogens is 357 g/mol. The molecule has 0 rings (SSSR count). The van der Waals surface area contributed by atoms with Crippen LogP contribution in [-0.2, 0) is 14.3 Å². The zero-order valence-electron chi connectivity index (χ0n) is 17.6. The van der Waals surface area contributed by atoms with Gasteiger partial charge in [0, 0.05) is 36.1 Å². The van der Waals surface area contributed by atoms with Crippen LogP contribution in [-0.4, -0.2) is 56.9 Å². The van der Waals surface area contributed by atoms with E-state index < -0.39 is 10.1 Å². The minimum absolute atomic E-state index is 0. The Bertz CT molecular complexity index is 364. The number of unbranched alkanes of at least 4 members (excludes halogenated alkanes) is 15. The van der Waals surface area contributed by atoms with Gasteiger partial charge < -0.3 is 5.73 Å². The van der Waals surface area contributed by atoms with Crippen molar-refractivity contribution >= 4 is 39.7 Å². The van der Waals surface area contributed by atoms with Crippen LogP contribution in [0, 0.1) is 0 Å². The molecule has 0 saturated carbocycles. The minimum Gasteiger partial charge on any atom is -0.329 e. The maximum Gasteiger partial charge on any atom is 0.268 e. The van der Waals surface area contributed by atoms with Crippen molar-refractivity contribution < 1.29 is 12.6 Å². The summed E-state index contributed by atoms with van der Waals surface area (Å²) >= 11 is 0. The average molecular weight is 401 g/mol. The molecule has 0 heterocycles. The first kappa shape index (κ1) is 29.1. The molecule has 0 aliphatic carbocycles.